The molecular formula is C21H27N7O3S. The summed E-state index contributed by atoms with van der Waals surface area (Å²) >= 11 is 1.54. The Morgan fingerprint density at radius 3 is 2.69 bits per heavy atom. The van der Waals surface area contributed by atoms with Gasteiger partial charge in [0.05, 0.1) is 11.8 Å². The summed E-state index contributed by atoms with van der Waals surface area (Å²) in [6.45, 7) is 5.16. The van der Waals surface area contributed by atoms with E-state index >= 15 is 0 Å². The molecule has 1 saturated heterocycles. The Morgan fingerprint density at radius 2 is 2.00 bits per heavy atom. The molecule has 4 rings (SSSR count). The van der Waals surface area contributed by atoms with Crippen molar-refractivity contribution in [2.24, 2.45) is 0 Å². The number of amides is 2. The lowest BCUT2D eigenvalue weighted by Gasteiger charge is -2.31. The van der Waals surface area contributed by atoms with Gasteiger partial charge >= 0.3 is 6.09 Å². The molecule has 2 amide bonds. The van der Waals surface area contributed by atoms with E-state index < -0.39 is 6.09 Å². The molecule has 10 nitrogen and oxygen atoms in total. The van der Waals surface area contributed by atoms with Crippen LogP contribution in [0.25, 0.3) is 16.2 Å². The molecule has 11 heteroatoms. The first-order valence-corrected chi connectivity index (χ1v) is 11.7. The van der Waals surface area contributed by atoms with E-state index in [-0.39, 0.29) is 18.0 Å². The van der Waals surface area contributed by atoms with Crippen molar-refractivity contribution in [2.75, 3.05) is 18.4 Å². The van der Waals surface area contributed by atoms with Crippen molar-refractivity contribution in [1.29, 1.82) is 0 Å². The van der Waals surface area contributed by atoms with Crippen LogP contribution in [0, 0.1) is 0 Å². The van der Waals surface area contributed by atoms with E-state index in [1.807, 2.05) is 11.6 Å². The zero-order chi connectivity index (χ0) is 22.7. The van der Waals surface area contributed by atoms with Crippen LogP contribution in [0.1, 0.15) is 50.0 Å². The minimum atomic E-state index is -1.03. The number of thiazole rings is 1. The van der Waals surface area contributed by atoms with Crippen molar-refractivity contribution in [3.05, 3.63) is 29.5 Å². The van der Waals surface area contributed by atoms with Crippen LogP contribution in [-0.4, -0.2) is 66.8 Å². The van der Waals surface area contributed by atoms with E-state index in [0.717, 1.165) is 23.2 Å². The molecule has 0 radical (unpaired) electrons. The second-order valence-electron chi connectivity index (χ2n) is 7.85. The van der Waals surface area contributed by atoms with Crippen molar-refractivity contribution in [3.8, 4) is 11.4 Å². The Kier molecular flexibility index (Phi) is 6.54. The number of nitrogens with zero attached hydrogens (tertiary/aromatic N) is 5. The third-order valence-corrected chi connectivity index (χ3v) is 6.65. The summed E-state index contributed by atoms with van der Waals surface area (Å²) in [5.74, 6) is 0.902. The van der Waals surface area contributed by atoms with E-state index in [1.54, 1.807) is 33.0 Å². The van der Waals surface area contributed by atoms with E-state index in [2.05, 4.69) is 34.6 Å². The fraction of sp³-hybridized carbons (Fsp3) is 0.476. The van der Waals surface area contributed by atoms with Crippen molar-refractivity contribution in [3.63, 3.8) is 0 Å². The normalized spacial score (nSPS) is 14.8. The number of hydrogen-bond donors (Lipinski definition) is 3. The lowest BCUT2D eigenvalue weighted by Crippen LogP contribution is -2.46. The van der Waals surface area contributed by atoms with Gasteiger partial charge in [-0.2, -0.15) is 5.10 Å². The van der Waals surface area contributed by atoms with Gasteiger partial charge in [0.25, 0.3) is 5.91 Å². The fourth-order valence-corrected chi connectivity index (χ4v) is 4.69. The van der Waals surface area contributed by atoms with Crippen molar-refractivity contribution in [1.82, 2.24) is 29.8 Å². The van der Waals surface area contributed by atoms with Gasteiger partial charge in [0.1, 0.15) is 16.3 Å². The SMILES string of the molecule is CCC(CC)Nc1cc(C(=O)N2CCC(NC(=O)O)CC2)nc(-c2cnn3ccsc23)n1. The average Bonchev–Trinajstić information content (AvgIpc) is 3.41. The molecule has 0 saturated carbocycles. The van der Waals surface area contributed by atoms with Crippen LogP contribution in [0.4, 0.5) is 10.6 Å². The molecule has 0 atom stereocenters. The molecule has 3 aromatic heterocycles. The highest BCUT2D eigenvalue weighted by molar-refractivity contribution is 7.16. The zero-order valence-electron chi connectivity index (χ0n) is 18.1. The van der Waals surface area contributed by atoms with Gasteiger partial charge in [-0.25, -0.2) is 19.3 Å². The minimum Gasteiger partial charge on any atom is -0.465 e. The van der Waals surface area contributed by atoms with Crippen molar-refractivity contribution >= 4 is 34.0 Å². The second kappa shape index (κ2) is 9.51. The first kappa shape index (κ1) is 22.0. The van der Waals surface area contributed by atoms with Crippen LogP contribution >= 0.6 is 11.3 Å². The smallest absolute Gasteiger partial charge is 0.404 e. The van der Waals surface area contributed by atoms with Gasteiger partial charge < -0.3 is 20.6 Å². The molecule has 0 bridgehead atoms. The molecule has 3 N–H and O–H groups in total. The summed E-state index contributed by atoms with van der Waals surface area (Å²) in [4.78, 5) is 36.1. The Hall–Kier alpha value is -3.21. The molecule has 32 heavy (non-hydrogen) atoms. The number of carbonyl (C=O) groups excluding carboxylic acids is 1. The van der Waals surface area contributed by atoms with Crippen molar-refractivity contribution in [2.45, 2.75) is 51.6 Å². The highest BCUT2D eigenvalue weighted by atomic mass is 32.1. The van der Waals surface area contributed by atoms with Gasteiger partial charge in [-0.05, 0) is 25.7 Å². The lowest BCUT2D eigenvalue weighted by molar-refractivity contribution is 0.0700. The molecule has 1 aliphatic heterocycles. The number of piperidine rings is 1. The molecule has 1 fully saturated rings. The molecule has 3 aromatic rings. The molecule has 0 spiro atoms. The monoisotopic (exact) mass is 457 g/mol. The Labute approximate surface area is 189 Å². The first-order chi connectivity index (χ1) is 15.5. The maximum atomic E-state index is 13.3. The molecule has 170 valence electrons. The number of likely N-dealkylation sites (tertiary alicyclic amines) is 1. The van der Waals surface area contributed by atoms with Crippen LogP contribution in [0.3, 0.4) is 0 Å². The maximum absolute atomic E-state index is 13.3. The Morgan fingerprint density at radius 1 is 1.25 bits per heavy atom. The third-order valence-electron chi connectivity index (χ3n) is 5.76. The number of carbonyl (C=O) groups is 2. The van der Waals surface area contributed by atoms with Crippen molar-refractivity contribution < 1.29 is 14.7 Å². The van der Waals surface area contributed by atoms with Crippen LogP contribution < -0.4 is 10.6 Å². The highest BCUT2D eigenvalue weighted by Gasteiger charge is 2.26. The highest BCUT2D eigenvalue weighted by Crippen LogP contribution is 2.27. The molecular weight excluding hydrogens is 430 g/mol. The van der Waals surface area contributed by atoms with E-state index in [9.17, 15) is 9.59 Å². The van der Waals surface area contributed by atoms with Gasteiger partial charge in [-0.3, -0.25) is 4.79 Å². The van der Waals surface area contributed by atoms with Gasteiger partial charge in [0.2, 0.25) is 0 Å². The van der Waals surface area contributed by atoms with E-state index in [1.165, 1.54) is 0 Å². The molecule has 0 aliphatic carbocycles. The molecule has 4 heterocycles. The van der Waals surface area contributed by atoms with Crippen LogP contribution in [-0.2, 0) is 0 Å². The minimum absolute atomic E-state index is 0.135. The summed E-state index contributed by atoms with van der Waals surface area (Å²) in [5, 5.41) is 21.1. The summed E-state index contributed by atoms with van der Waals surface area (Å²) < 4.78 is 1.77. The largest absolute Gasteiger partial charge is 0.465 e. The molecule has 0 unspecified atom stereocenters. The van der Waals surface area contributed by atoms with Gasteiger partial charge in [0.15, 0.2) is 5.82 Å². The van der Waals surface area contributed by atoms with Crippen LogP contribution in [0.15, 0.2) is 23.8 Å². The standard InChI is InChI=1S/C21H27N7O3S/c1-3-13(4-2)23-17-11-16(19(29)27-7-5-14(6-8-27)24-21(30)31)25-18(26-17)15-12-22-28-9-10-32-20(15)28/h9-14,24H,3-8H2,1-2H3,(H,30,31)(H,23,25,26). The number of aromatic nitrogens is 4. The predicted octanol–water partition coefficient (Wildman–Crippen LogP) is 3.33. The summed E-state index contributed by atoms with van der Waals surface area (Å²) in [5.41, 5.74) is 1.11. The first-order valence-electron chi connectivity index (χ1n) is 10.8. The van der Waals surface area contributed by atoms with E-state index in [0.29, 0.717) is 43.3 Å². The van der Waals surface area contributed by atoms with Crippen LogP contribution in [0.2, 0.25) is 0 Å². The third kappa shape index (κ3) is 4.67. The number of rotatable bonds is 7. The maximum Gasteiger partial charge on any atom is 0.404 e. The summed E-state index contributed by atoms with van der Waals surface area (Å²) in [6, 6.07) is 1.82. The number of hydrogen-bond acceptors (Lipinski definition) is 7. The summed E-state index contributed by atoms with van der Waals surface area (Å²) in [6.07, 6.45) is 5.59. The topological polar surface area (TPSA) is 125 Å². The Balaban J connectivity index is 1.63. The lowest BCUT2D eigenvalue weighted by atomic mass is 10.0. The quantitative estimate of drug-likeness (QED) is 0.497. The van der Waals surface area contributed by atoms with E-state index in [4.69, 9.17) is 10.1 Å². The van der Waals surface area contributed by atoms with Crippen LogP contribution in [0.5, 0.6) is 0 Å². The average molecular weight is 458 g/mol. The predicted molar refractivity (Wildman–Crippen MR) is 122 cm³/mol. The number of anilines is 1. The second-order valence-corrected chi connectivity index (χ2v) is 8.74. The van der Waals surface area contributed by atoms with Gasteiger partial charge in [-0.15, -0.1) is 11.3 Å². The molecule has 1 aliphatic rings. The number of fused-ring (bicyclic) bond motifs is 1. The Bertz CT molecular complexity index is 1100. The number of carboxylic acid groups (broad SMARTS) is 1. The zero-order valence-corrected chi connectivity index (χ0v) is 18.9. The molecule has 0 aromatic carbocycles. The number of nitrogens with one attached hydrogen (secondary N) is 2. The summed E-state index contributed by atoms with van der Waals surface area (Å²) in [7, 11) is 0. The van der Waals surface area contributed by atoms with Gasteiger partial charge in [-0.1, -0.05) is 13.8 Å². The van der Waals surface area contributed by atoms with Gasteiger partial charge in [0, 0.05) is 42.8 Å². The fourth-order valence-electron chi connectivity index (χ4n) is 3.90.